The summed E-state index contributed by atoms with van der Waals surface area (Å²) in [6, 6.07) is 16.8. The van der Waals surface area contributed by atoms with Crippen molar-refractivity contribution in [3.8, 4) is 22.5 Å². The highest BCUT2D eigenvalue weighted by molar-refractivity contribution is 5.92. The van der Waals surface area contributed by atoms with Gasteiger partial charge in [0.15, 0.2) is 13.2 Å². The number of aliphatic hydroxyl groups excluding tert-OH is 2. The average molecular weight is 1060 g/mol. The molecule has 2 aromatic carbocycles. The van der Waals surface area contributed by atoms with Crippen LogP contribution in [0.25, 0.3) is 34.7 Å². The van der Waals surface area contributed by atoms with E-state index in [0.29, 0.717) is 25.7 Å². The number of ketones is 2. The number of aromatic nitrogens is 4. The lowest BCUT2D eigenvalue weighted by molar-refractivity contribution is -0.182. The first-order valence-corrected chi connectivity index (χ1v) is 28.1. The van der Waals surface area contributed by atoms with Gasteiger partial charge in [0.25, 0.3) is 0 Å². The number of hydrogen-bond donors (Lipinski definition) is 4. The van der Waals surface area contributed by atoms with E-state index in [4.69, 9.17) is 19.7 Å². The Morgan fingerprint density at radius 2 is 1.01 bits per heavy atom. The number of hydrogen-bond acceptors (Lipinski definition) is 12. The molecule has 4 fully saturated rings. The largest absolute Gasteiger partial charge is 0.458 e. The Hall–Kier alpha value is -6.06. The molecule has 14 nitrogen and oxygen atoms in total. The second kappa shape index (κ2) is 17.7. The maximum absolute atomic E-state index is 13.7. The smallest absolute Gasteiger partial charge is 0.303 e. The van der Waals surface area contributed by atoms with Gasteiger partial charge in [0.2, 0.25) is 11.6 Å². The van der Waals surface area contributed by atoms with Crippen LogP contribution in [0.1, 0.15) is 117 Å². The van der Waals surface area contributed by atoms with Gasteiger partial charge in [-0.3, -0.25) is 19.2 Å². The molecule has 0 aliphatic heterocycles. The molecule has 0 spiro atoms. The summed E-state index contributed by atoms with van der Waals surface area (Å²) in [5.74, 6) is -3.55. The van der Waals surface area contributed by atoms with E-state index < -0.39 is 81.8 Å². The Morgan fingerprint density at radius 1 is 0.628 bits per heavy atom. The predicted molar refractivity (Wildman–Crippen MR) is 292 cm³/mol. The number of rotatable bonds is 9. The maximum Gasteiger partial charge on any atom is 0.303 e. The van der Waals surface area contributed by atoms with Crippen LogP contribution >= 0.6 is 0 Å². The number of Topliss-reactive ketones (excluding diaryl/α,β-unsaturated/α-hetero) is 2. The summed E-state index contributed by atoms with van der Waals surface area (Å²) in [4.78, 5) is 50.9. The lowest BCUT2D eigenvalue weighted by Crippen LogP contribution is -2.62. The first-order valence-electron chi connectivity index (χ1n) is 28.1. The molecule has 0 radical (unpaired) electrons. The quantitative estimate of drug-likeness (QED) is 0.117. The molecule has 4 aromatic rings. The van der Waals surface area contributed by atoms with Crippen LogP contribution in [-0.2, 0) is 41.5 Å². The van der Waals surface area contributed by atoms with Gasteiger partial charge in [0.05, 0.1) is 47.4 Å². The van der Waals surface area contributed by atoms with Gasteiger partial charge >= 0.3 is 11.9 Å². The number of benzene rings is 2. The molecule has 0 amide bonds. The SMILES string of the molecule is CC(=O)OCC(=O)C1(O)C(C)CC2C3C=C(C)C4=Cc5c(cnn5-c5cccc(-c6cccc(-n7ncc8c7C=C7C(C)=CC9C(C(O)CC%10(C)C9CC(C)C%10(O)C(=O)COC(C)=O)C7(C)C8)c6)c5)CC4(C)C3C(O)CC21C. The molecule has 8 aliphatic carbocycles. The van der Waals surface area contributed by atoms with E-state index in [9.17, 15) is 39.6 Å². The van der Waals surface area contributed by atoms with Gasteiger partial charge in [0, 0.05) is 47.3 Å². The monoisotopic (exact) mass is 1060 g/mol. The molecule has 2 heterocycles. The summed E-state index contributed by atoms with van der Waals surface area (Å²) in [6.07, 6.45) is 14.4. The second-order valence-corrected chi connectivity index (χ2v) is 26.0. The molecule has 0 bridgehead atoms. The predicted octanol–water partition coefficient (Wildman–Crippen LogP) is 8.58. The van der Waals surface area contributed by atoms with Crippen LogP contribution in [0.4, 0.5) is 0 Å². The van der Waals surface area contributed by atoms with Crippen LogP contribution in [0.3, 0.4) is 0 Å². The van der Waals surface area contributed by atoms with Crippen molar-refractivity contribution in [2.24, 2.45) is 69.0 Å². The maximum atomic E-state index is 13.7. The van der Waals surface area contributed by atoms with E-state index in [1.165, 1.54) is 13.8 Å². The molecule has 16 unspecified atom stereocenters. The second-order valence-electron chi connectivity index (χ2n) is 26.0. The van der Waals surface area contributed by atoms with Crippen LogP contribution in [-0.4, -0.2) is 100 Å². The third-order valence-corrected chi connectivity index (χ3v) is 21.9. The first-order chi connectivity index (χ1) is 36.8. The summed E-state index contributed by atoms with van der Waals surface area (Å²) in [7, 11) is 0. The van der Waals surface area contributed by atoms with Crippen LogP contribution in [0.2, 0.25) is 0 Å². The molecule has 410 valence electrons. The lowest BCUT2D eigenvalue weighted by Gasteiger charge is -2.59. The molecular weight excluding hydrogens is 985 g/mol. The van der Waals surface area contributed by atoms with E-state index in [1.54, 1.807) is 0 Å². The summed E-state index contributed by atoms with van der Waals surface area (Å²) >= 11 is 0. The number of esters is 2. The zero-order valence-corrected chi connectivity index (χ0v) is 46.5. The van der Waals surface area contributed by atoms with Crippen LogP contribution in [0.5, 0.6) is 0 Å². The number of ether oxygens (including phenoxy) is 2. The van der Waals surface area contributed by atoms with Crippen LogP contribution < -0.4 is 0 Å². The first kappa shape index (κ1) is 52.6. The van der Waals surface area contributed by atoms with Crippen molar-refractivity contribution in [2.45, 2.75) is 131 Å². The zero-order valence-electron chi connectivity index (χ0n) is 46.5. The number of carbonyl (C=O) groups is 4. The summed E-state index contributed by atoms with van der Waals surface area (Å²) in [6.45, 7) is 18.0. The third kappa shape index (κ3) is 7.13. The van der Waals surface area contributed by atoms with Crippen molar-refractivity contribution < 1.29 is 49.1 Å². The van der Waals surface area contributed by atoms with Gasteiger partial charge in [-0.25, -0.2) is 9.36 Å². The number of carbonyl (C=O) groups excluding carboxylic acids is 4. The van der Waals surface area contributed by atoms with Gasteiger partial charge in [-0.2, -0.15) is 10.2 Å². The average Bonchev–Trinajstić information content (AvgIpc) is 3.00. The molecular formula is C64H74N4O10. The minimum absolute atomic E-state index is 0.0708. The number of allylic oxidation sites excluding steroid dienone is 6. The van der Waals surface area contributed by atoms with Crippen molar-refractivity contribution in [1.82, 2.24) is 19.6 Å². The van der Waals surface area contributed by atoms with E-state index in [0.717, 1.165) is 67.3 Å². The molecule has 0 saturated heterocycles. The molecule has 8 aliphatic rings. The van der Waals surface area contributed by atoms with E-state index in [-0.39, 0.29) is 60.2 Å². The molecule has 4 saturated carbocycles. The van der Waals surface area contributed by atoms with Crippen molar-refractivity contribution in [3.05, 3.63) is 118 Å². The zero-order chi connectivity index (χ0) is 55.6. The van der Waals surface area contributed by atoms with E-state index >= 15 is 0 Å². The van der Waals surface area contributed by atoms with Crippen molar-refractivity contribution in [2.75, 3.05) is 13.2 Å². The highest BCUT2D eigenvalue weighted by Crippen LogP contribution is 2.70. The lowest BCUT2D eigenvalue weighted by atomic mass is 9.46. The van der Waals surface area contributed by atoms with Crippen molar-refractivity contribution in [1.29, 1.82) is 0 Å². The summed E-state index contributed by atoms with van der Waals surface area (Å²) in [5.41, 5.74) is 6.38. The summed E-state index contributed by atoms with van der Waals surface area (Å²) in [5, 5.41) is 59.3. The van der Waals surface area contributed by atoms with Gasteiger partial charge in [-0.1, -0.05) is 89.1 Å². The standard InChI is InChI=1S/C64H74N4O10/c1-33-17-45-49-19-35(3)63(75,55(73)31-77-37(5)69)61(49,9)27-53(71)57(45)59(7)25-41-29-65-67(51(41)23-47(33)59)43-15-11-13-39(21-43)40-14-12-16-44(22-40)68-52-24-48-34(2)18-46-50-20-36(4)64(76,56(74)32-78-38(6)70)62(50,10)28-54(72)58(46)60(48,8)26-42(52)30-66-68/h11-18,21-24,29-30,35-36,45-46,49-50,53-54,57-58,71-72,75-76H,19-20,25-28,31-32H2,1-10H3. The third-order valence-electron chi connectivity index (χ3n) is 21.9. The Morgan fingerprint density at radius 3 is 1.38 bits per heavy atom. The van der Waals surface area contributed by atoms with E-state index in [2.05, 4.69) is 101 Å². The van der Waals surface area contributed by atoms with Crippen molar-refractivity contribution in [3.63, 3.8) is 0 Å². The minimum atomic E-state index is -1.74. The van der Waals surface area contributed by atoms with Crippen LogP contribution in [0.15, 0.2) is 95.4 Å². The fourth-order valence-electron chi connectivity index (χ4n) is 18.6. The fourth-order valence-corrected chi connectivity index (χ4v) is 18.6. The normalized spacial score (nSPS) is 38.7. The fraction of sp³-hybridized carbons (Fsp3) is 0.531. The summed E-state index contributed by atoms with van der Waals surface area (Å²) < 4.78 is 14.3. The Bertz CT molecular complexity index is 3160. The van der Waals surface area contributed by atoms with Gasteiger partial charge in [0.1, 0.15) is 11.2 Å². The molecule has 14 heteroatoms. The minimum Gasteiger partial charge on any atom is -0.458 e. The highest BCUT2D eigenvalue weighted by Gasteiger charge is 2.72. The van der Waals surface area contributed by atoms with Gasteiger partial charge < -0.3 is 29.9 Å². The van der Waals surface area contributed by atoms with Gasteiger partial charge in [-0.05, 0) is 158 Å². The van der Waals surface area contributed by atoms with E-state index in [1.807, 2.05) is 49.5 Å². The number of fused-ring (bicyclic) bond motifs is 12. The van der Waals surface area contributed by atoms with Crippen molar-refractivity contribution >= 4 is 35.7 Å². The molecule has 78 heavy (non-hydrogen) atoms. The van der Waals surface area contributed by atoms with Gasteiger partial charge in [-0.15, -0.1) is 0 Å². The van der Waals surface area contributed by atoms with Crippen LogP contribution in [0, 0.1) is 69.0 Å². The topological polar surface area (TPSA) is 203 Å². The molecule has 16 atom stereocenters. The Kier molecular flexibility index (Phi) is 12.0. The number of aliphatic hydroxyl groups is 4. The molecule has 12 rings (SSSR count). The number of nitrogens with zero attached hydrogens (tertiary/aromatic N) is 4. The highest BCUT2D eigenvalue weighted by atomic mass is 16.5. The molecule has 4 N–H and O–H groups in total. The Balaban J connectivity index is 0.821. The Labute approximate surface area is 456 Å². The molecule has 2 aromatic heterocycles.